The first-order chi connectivity index (χ1) is 12.2. The van der Waals surface area contributed by atoms with Crippen molar-refractivity contribution in [1.82, 2.24) is 4.98 Å². The van der Waals surface area contributed by atoms with E-state index in [0.29, 0.717) is 5.69 Å². The average molecular weight is 331 g/mol. The molecule has 25 heavy (non-hydrogen) atoms. The van der Waals surface area contributed by atoms with Crippen LogP contribution in [0.1, 0.15) is 23.0 Å². The van der Waals surface area contributed by atoms with Crippen molar-refractivity contribution in [2.45, 2.75) is 13.8 Å². The zero-order valence-corrected chi connectivity index (χ0v) is 14.4. The minimum absolute atomic E-state index is 0.208. The van der Waals surface area contributed by atoms with Gasteiger partial charge >= 0.3 is 0 Å². The van der Waals surface area contributed by atoms with Gasteiger partial charge in [0.05, 0.1) is 0 Å². The summed E-state index contributed by atoms with van der Waals surface area (Å²) in [5.41, 5.74) is 4.25. The van der Waals surface area contributed by atoms with E-state index in [9.17, 15) is 4.79 Å². The van der Waals surface area contributed by atoms with Crippen LogP contribution in [-0.4, -0.2) is 17.4 Å². The van der Waals surface area contributed by atoms with Gasteiger partial charge in [0.25, 0.3) is 5.91 Å². The Bertz CT molecular complexity index is 862. The third kappa shape index (κ3) is 3.86. The van der Waals surface area contributed by atoms with E-state index in [-0.39, 0.29) is 5.91 Å². The van der Waals surface area contributed by atoms with Crippen LogP contribution in [0, 0.1) is 6.92 Å². The number of hydrogen-bond donors (Lipinski definition) is 1. The van der Waals surface area contributed by atoms with Crippen LogP contribution in [0.15, 0.2) is 72.9 Å². The number of carbonyl (C=O) groups excluding carboxylic acids is 1. The number of aromatic nitrogens is 1. The number of benzene rings is 2. The molecule has 4 heteroatoms. The van der Waals surface area contributed by atoms with E-state index in [4.69, 9.17) is 0 Å². The Morgan fingerprint density at radius 3 is 2.44 bits per heavy atom. The van der Waals surface area contributed by atoms with Gasteiger partial charge in [0.2, 0.25) is 0 Å². The molecule has 0 unspecified atom stereocenters. The largest absolute Gasteiger partial charge is 0.342 e. The van der Waals surface area contributed by atoms with E-state index in [2.05, 4.69) is 34.3 Å². The molecule has 0 spiro atoms. The van der Waals surface area contributed by atoms with E-state index in [1.165, 1.54) is 0 Å². The maximum absolute atomic E-state index is 12.6. The van der Waals surface area contributed by atoms with Gasteiger partial charge in [-0.1, -0.05) is 36.4 Å². The van der Waals surface area contributed by atoms with Crippen LogP contribution >= 0.6 is 0 Å². The molecule has 1 aromatic heterocycles. The van der Waals surface area contributed by atoms with Crippen molar-refractivity contribution in [2.75, 3.05) is 16.8 Å². The van der Waals surface area contributed by atoms with E-state index in [1.54, 1.807) is 6.20 Å². The number of pyridine rings is 1. The van der Waals surface area contributed by atoms with Crippen molar-refractivity contribution in [3.05, 3.63) is 84.2 Å². The zero-order chi connectivity index (χ0) is 17.6. The number of carbonyl (C=O) groups is 1. The Kier molecular flexibility index (Phi) is 5.09. The van der Waals surface area contributed by atoms with Crippen LogP contribution in [0.25, 0.3) is 0 Å². The summed E-state index contributed by atoms with van der Waals surface area (Å²) in [5.74, 6) is -0.208. The highest BCUT2D eigenvalue weighted by Crippen LogP contribution is 2.25. The van der Waals surface area contributed by atoms with Crippen molar-refractivity contribution < 1.29 is 4.79 Å². The van der Waals surface area contributed by atoms with E-state index < -0.39 is 0 Å². The molecular weight excluding hydrogens is 310 g/mol. The minimum atomic E-state index is -0.208. The Morgan fingerprint density at radius 1 is 1.00 bits per heavy atom. The van der Waals surface area contributed by atoms with Gasteiger partial charge < -0.3 is 10.2 Å². The predicted molar refractivity (Wildman–Crippen MR) is 102 cm³/mol. The van der Waals surface area contributed by atoms with Crippen molar-refractivity contribution in [2.24, 2.45) is 0 Å². The molecule has 0 bridgehead atoms. The van der Waals surface area contributed by atoms with Gasteiger partial charge in [-0.3, -0.25) is 9.78 Å². The molecule has 1 N–H and O–H groups in total. The number of aryl methyl sites for hydroxylation is 1. The van der Waals surface area contributed by atoms with E-state index in [0.717, 1.165) is 29.2 Å². The summed E-state index contributed by atoms with van der Waals surface area (Å²) in [7, 11) is 0. The van der Waals surface area contributed by atoms with Crippen LogP contribution in [-0.2, 0) is 0 Å². The Hall–Kier alpha value is -3.14. The smallest absolute Gasteiger partial charge is 0.274 e. The van der Waals surface area contributed by atoms with Gasteiger partial charge in [0, 0.05) is 29.8 Å². The van der Waals surface area contributed by atoms with Crippen molar-refractivity contribution in [3.8, 4) is 0 Å². The average Bonchev–Trinajstić information content (AvgIpc) is 2.65. The number of hydrogen-bond acceptors (Lipinski definition) is 3. The number of nitrogens with one attached hydrogen (secondary N) is 1. The maximum atomic E-state index is 12.6. The summed E-state index contributed by atoms with van der Waals surface area (Å²) in [4.78, 5) is 19.0. The zero-order valence-electron chi connectivity index (χ0n) is 14.4. The molecule has 1 heterocycles. The summed E-state index contributed by atoms with van der Waals surface area (Å²) < 4.78 is 0. The second-order valence-electron chi connectivity index (χ2n) is 5.75. The molecule has 3 rings (SSSR count). The van der Waals surface area contributed by atoms with Crippen LogP contribution in [0.3, 0.4) is 0 Å². The van der Waals surface area contributed by atoms with Crippen LogP contribution in [0.5, 0.6) is 0 Å². The Labute approximate surface area is 148 Å². The lowest BCUT2D eigenvalue weighted by Gasteiger charge is -2.23. The first-order valence-electron chi connectivity index (χ1n) is 8.34. The first-order valence-corrected chi connectivity index (χ1v) is 8.34. The minimum Gasteiger partial charge on any atom is -0.342 e. The highest BCUT2D eigenvalue weighted by Gasteiger charge is 2.13. The fraction of sp³-hybridized carbons (Fsp3) is 0.143. The molecule has 3 aromatic rings. The normalized spacial score (nSPS) is 10.3. The molecule has 2 aromatic carbocycles. The third-order valence-electron chi connectivity index (χ3n) is 4.07. The topological polar surface area (TPSA) is 45.2 Å². The monoisotopic (exact) mass is 331 g/mol. The molecule has 1 amide bonds. The van der Waals surface area contributed by atoms with Gasteiger partial charge in [-0.2, -0.15) is 0 Å². The lowest BCUT2D eigenvalue weighted by molar-refractivity contribution is 0.102. The molecule has 0 radical (unpaired) electrons. The fourth-order valence-electron chi connectivity index (χ4n) is 2.73. The van der Waals surface area contributed by atoms with Gasteiger partial charge in [-0.15, -0.1) is 0 Å². The molecule has 0 saturated carbocycles. The molecule has 0 atom stereocenters. The number of amides is 1. The predicted octanol–water partition coefficient (Wildman–Crippen LogP) is 4.80. The molecule has 4 nitrogen and oxygen atoms in total. The van der Waals surface area contributed by atoms with Crippen molar-refractivity contribution >= 4 is 23.0 Å². The second kappa shape index (κ2) is 7.62. The second-order valence-corrected chi connectivity index (χ2v) is 5.75. The van der Waals surface area contributed by atoms with Gasteiger partial charge in [-0.25, -0.2) is 0 Å². The van der Waals surface area contributed by atoms with Crippen LogP contribution in [0.4, 0.5) is 17.1 Å². The number of para-hydroxylation sites is 2. The Morgan fingerprint density at radius 2 is 1.72 bits per heavy atom. The van der Waals surface area contributed by atoms with Gasteiger partial charge in [0.15, 0.2) is 0 Å². The molecule has 0 aliphatic carbocycles. The van der Waals surface area contributed by atoms with Crippen molar-refractivity contribution in [1.29, 1.82) is 0 Å². The number of anilines is 3. The Balaban J connectivity index is 1.86. The molecule has 0 aliphatic heterocycles. The van der Waals surface area contributed by atoms with Gasteiger partial charge in [0.1, 0.15) is 5.69 Å². The molecule has 0 fully saturated rings. The summed E-state index contributed by atoms with van der Waals surface area (Å²) in [6, 6.07) is 21.6. The summed E-state index contributed by atoms with van der Waals surface area (Å²) >= 11 is 0. The fourth-order valence-corrected chi connectivity index (χ4v) is 2.73. The SMILES string of the molecule is CCN(c1ccccc1)c1ccnc(C(=O)Nc2ccccc2C)c1. The lowest BCUT2D eigenvalue weighted by Crippen LogP contribution is -2.18. The molecule has 0 aliphatic rings. The number of nitrogens with zero attached hydrogens (tertiary/aromatic N) is 2. The molecule has 0 saturated heterocycles. The van der Waals surface area contributed by atoms with E-state index >= 15 is 0 Å². The van der Waals surface area contributed by atoms with E-state index in [1.807, 2.05) is 61.5 Å². The third-order valence-corrected chi connectivity index (χ3v) is 4.07. The summed E-state index contributed by atoms with van der Waals surface area (Å²) in [5, 5.41) is 2.93. The van der Waals surface area contributed by atoms with Gasteiger partial charge in [-0.05, 0) is 49.7 Å². The first kappa shape index (κ1) is 16.7. The summed E-state index contributed by atoms with van der Waals surface area (Å²) in [6.45, 7) is 4.85. The maximum Gasteiger partial charge on any atom is 0.274 e. The number of rotatable bonds is 5. The quantitative estimate of drug-likeness (QED) is 0.730. The standard InChI is InChI=1S/C21H21N3O/c1-3-24(17-10-5-4-6-11-17)18-13-14-22-20(15-18)21(25)23-19-12-8-7-9-16(19)2/h4-15H,3H2,1-2H3,(H,23,25). The van der Waals surface area contributed by atoms with Crippen LogP contribution in [0.2, 0.25) is 0 Å². The van der Waals surface area contributed by atoms with Crippen molar-refractivity contribution in [3.63, 3.8) is 0 Å². The lowest BCUT2D eigenvalue weighted by atomic mass is 10.2. The highest BCUT2D eigenvalue weighted by atomic mass is 16.1. The molecule has 126 valence electrons. The molecular formula is C21H21N3O. The highest BCUT2D eigenvalue weighted by molar-refractivity contribution is 6.03. The van der Waals surface area contributed by atoms with Crippen LogP contribution < -0.4 is 10.2 Å². The summed E-state index contributed by atoms with van der Waals surface area (Å²) in [6.07, 6.45) is 1.67.